The van der Waals surface area contributed by atoms with E-state index in [9.17, 15) is 0 Å². The average molecular weight is 596 g/mol. The van der Waals surface area contributed by atoms with Crippen LogP contribution in [0, 0.1) is 5.92 Å². The van der Waals surface area contributed by atoms with Crippen molar-refractivity contribution in [3.63, 3.8) is 0 Å². The summed E-state index contributed by atoms with van der Waals surface area (Å²) < 4.78 is 0.259. The Bertz CT molecular complexity index is 1050. The van der Waals surface area contributed by atoms with Gasteiger partial charge in [0.2, 0.25) is 0 Å². The molecule has 2 aromatic carbocycles. The molecule has 0 fully saturated rings. The van der Waals surface area contributed by atoms with E-state index in [0.29, 0.717) is 5.92 Å². The van der Waals surface area contributed by atoms with E-state index in [1.165, 1.54) is 33.4 Å². The summed E-state index contributed by atoms with van der Waals surface area (Å²) in [6.07, 6.45) is 2.45. The van der Waals surface area contributed by atoms with Gasteiger partial charge in [0.25, 0.3) is 0 Å². The number of allylic oxidation sites excluding steroid dienone is 1. The number of hydrogen-bond acceptors (Lipinski definition) is 0. The minimum absolute atomic E-state index is 0.0479. The first-order valence-corrected chi connectivity index (χ1v) is 26.9. The molecule has 0 saturated carbocycles. The maximum absolute atomic E-state index is 6.78. The van der Waals surface area contributed by atoms with Crippen LogP contribution in [0.3, 0.4) is 0 Å². The Morgan fingerprint density at radius 1 is 0.848 bits per heavy atom. The van der Waals surface area contributed by atoms with Gasteiger partial charge in [0, 0.05) is 0 Å². The Morgan fingerprint density at radius 3 is 1.76 bits per heavy atom. The molecule has 179 valence electrons. The Kier molecular flexibility index (Phi) is 7.97. The van der Waals surface area contributed by atoms with Gasteiger partial charge in [-0.15, -0.1) is 0 Å². The van der Waals surface area contributed by atoms with Gasteiger partial charge < -0.3 is 0 Å². The van der Waals surface area contributed by atoms with Gasteiger partial charge in [-0.1, -0.05) is 0 Å². The third-order valence-electron chi connectivity index (χ3n) is 6.88. The molecule has 0 radical (unpaired) electrons. The fourth-order valence-electron chi connectivity index (χ4n) is 4.79. The van der Waals surface area contributed by atoms with Crippen molar-refractivity contribution in [2.24, 2.45) is 5.92 Å². The molecule has 1 unspecified atom stereocenters. The van der Waals surface area contributed by atoms with Crippen LogP contribution >= 0.6 is 17.0 Å². The van der Waals surface area contributed by atoms with Gasteiger partial charge in [0.15, 0.2) is 0 Å². The van der Waals surface area contributed by atoms with E-state index in [2.05, 4.69) is 110 Å². The summed E-state index contributed by atoms with van der Waals surface area (Å²) in [5.74, 6) is 0.451. The van der Waals surface area contributed by atoms with Crippen LogP contribution in [0.2, 0.25) is 39.3 Å². The van der Waals surface area contributed by atoms with Crippen molar-refractivity contribution in [1.29, 1.82) is 0 Å². The number of fused-ring (bicyclic) bond motifs is 1. The topological polar surface area (TPSA) is 0 Å². The molecule has 5 heteroatoms. The van der Waals surface area contributed by atoms with Crippen molar-refractivity contribution in [3.8, 4) is 11.1 Å². The molecule has 0 aliphatic heterocycles. The fourth-order valence-corrected chi connectivity index (χ4v) is 13.0. The summed E-state index contributed by atoms with van der Waals surface area (Å²) in [6, 6.07) is 12.3. The third kappa shape index (κ3) is 5.74. The van der Waals surface area contributed by atoms with E-state index < -0.39 is 35.5 Å². The molecule has 3 rings (SSSR count). The summed E-state index contributed by atoms with van der Waals surface area (Å²) >= 11 is -2.55. The quantitative estimate of drug-likeness (QED) is 0.303. The van der Waals surface area contributed by atoms with Crippen LogP contribution in [0.15, 0.2) is 35.9 Å². The van der Waals surface area contributed by atoms with Crippen molar-refractivity contribution in [1.82, 2.24) is 0 Å². The standard InChI is InChI=1S/C28H41Si2.2ClH.Zr/c1-19(2)21-14-20-12-13-26(28(3,4)5)27(25(20)17-21)22-15-23(29(6,7)8)18-24(16-22)30(9,10)11;;;/h12-19H,1-11H3;2*1H;/q;;;+2/p-2. The molecule has 0 N–H and O–H groups in total. The van der Waals surface area contributed by atoms with E-state index in [-0.39, 0.29) is 9.04 Å². The van der Waals surface area contributed by atoms with Gasteiger partial charge in [-0.25, -0.2) is 0 Å². The Morgan fingerprint density at radius 2 is 1.36 bits per heavy atom. The molecular weight excluding hydrogens is 555 g/mol. The SMILES string of the molecule is CC(C)C1=Cc2c(ccc(C(C)(C)C)c2-c2cc([Si](C)(C)C)cc([Si](C)(C)C)c2)[CH]1[Zr]([Cl])[Cl]. The van der Waals surface area contributed by atoms with Crippen molar-refractivity contribution < 1.29 is 19.4 Å². The van der Waals surface area contributed by atoms with Crippen LogP contribution in [0.1, 0.15) is 54.9 Å². The van der Waals surface area contributed by atoms with Gasteiger partial charge in [0.05, 0.1) is 0 Å². The third-order valence-corrected chi connectivity index (χ3v) is 16.2. The van der Waals surface area contributed by atoms with E-state index in [0.717, 1.165) is 0 Å². The maximum atomic E-state index is 6.78. The van der Waals surface area contributed by atoms with E-state index in [4.69, 9.17) is 17.0 Å². The molecule has 1 atom stereocenters. The van der Waals surface area contributed by atoms with Gasteiger partial charge in [-0.2, -0.15) is 0 Å². The number of halogens is 2. The van der Waals surface area contributed by atoms with E-state index in [1.54, 1.807) is 10.4 Å². The number of benzene rings is 2. The first-order valence-electron chi connectivity index (χ1n) is 12.2. The van der Waals surface area contributed by atoms with E-state index in [1.807, 2.05) is 0 Å². The predicted octanol–water partition coefficient (Wildman–Crippen LogP) is 8.76. The molecule has 1 aliphatic rings. The monoisotopic (exact) mass is 593 g/mol. The zero-order chi connectivity index (χ0) is 25.1. The Labute approximate surface area is 220 Å². The summed E-state index contributed by atoms with van der Waals surface area (Å²) in [4.78, 5) is 0. The summed E-state index contributed by atoms with van der Waals surface area (Å²) in [6.45, 7) is 26.4. The molecule has 0 heterocycles. The second kappa shape index (κ2) is 9.51. The average Bonchev–Trinajstić information content (AvgIpc) is 3.05. The van der Waals surface area contributed by atoms with Crippen molar-refractivity contribution in [2.75, 3.05) is 0 Å². The minimum atomic E-state index is -2.55. The molecule has 0 amide bonds. The summed E-state index contributed by atoms with van der Waals surface area (Å²) in [5, 5.41) is 3.12. The van der Waals surface area contributed by atoms with Crippen LogP contribution in [-0.2, 0) is 24.8 Å². The van der Waals surface area contributed by atoms with Crippen LogP contribution < -0.4 is 10.4 Å². The Hall–Kier alpha value is 0.0769. The predicted molar refractivity (Wildman–Crippen MR) is 154 cm³/mol. The molecular formula is C28H41Cl2Si2Zr. The van der Waals surface area contributed by atoms with Gasteiger partial charge in [0.1, 0.15) is 0 Å². The molecule has 33 heavy (non-hydrogen) atoms. The molecule has 0 spiro atoms. The van der Waals surface area contributed by atoms with Crippen molar-refractivity contribution >= 4 is 49.6 Å². The van der Waals surface area contributed by atoms with Gasteiger partial charge >= 0.3 is 222 Å². The zero-order valence-electron chi connectivity index (χ0n) is 22.4. The Balaban J connectivity index is 2.46. The first kappa shape index (κ1) is 27.7. The van der Waals surface area contributed by atoms with E-state index >= 15 is 0 Å². The van der Waals surface area contributed by atoms with Crippen molar-refractivity contribution in [2.45, 2.75) is 82.9 Å². The van der Waals surface area contributed by atoms with Crippen LogP contribution in [0.5, 0.6) is 0 Å². The second-order valence-corrected chi connectivity index (χ2v) is 32.0. The number of rotatable bonds is 5. The normalized spacial score (nSPS) is 16.8. The zero-order valence-corrected chi connectivity index (χ0v) is 28.3. The molecule has 2 aromatic rings. The summed E-state index contributed by atoms with van der Waals surface area (Å²) in [7, 11) is 10.6. The molecule has 0 saturated heterocycles. The van der Waals surface area contributed by atoms with Crippen LogP contribution in [-0.4, -0.2) is 16.1 Å². The number of hydrogen-bond donors (Lipinski definition) is 0. The van der Waals surface area contributed by atoms with Crippen LogP contribution in [0.4, 0.5) is 0 Å². The fraction of sp³-hybridized carbons (Fsp3) is 0.500. The van der Waals surface area contributed by atoms with Crippen LogP contribution in [0.25, 0.3) is 17.2 Å². The molecule has 0 bridgehead atoms. The molecule has 0 aromatic heterocycles. The van der Waals surface area contributed by atoms with Gasteiger partial charge in [-0.05, 0) is 0 Å². The molecule has 0 nitrogen and oxygen atoms in total. The van der Waals surface area contributed by atoms with Crippen molar-refractivity contribution in [3.05, 3.63) is 52.6 Å². The summed E-state index contributed by atoms with van der Waals surface area (Å²) in [5.41, 5.74) is 8.46. The first-order chi connectivity index (χ1) is 14.9. The molecule has 1 aliphatic carbocycles. The van der Waals surface area contributed by atoms with Gasteiger partial charge in [-0.3, -0.25) is 0 Å². The second-order valence-electron chi connectivity index (χ2n) is 13.1.